The van der Waals surface area contributed by atoms with Crippen LogP contribution in [0.5, 0.6) is 0 Å². The first-order valence-corrected chi connectivity index (χ1v) is 7.55. The number of nitrogens with zero attached hydrogens (tertiary/aromatic N) is 1. The van der Waals surface area contributed by atoms with E-state index in [2.05, 4.69) is 10.2 Å². The predicted octanol–water partition coefficient (Wildman–Crippen LogP) is 3.17. The van der Waals surface area contributed by atoms with Crippen molar-refractivity contribution in [2.75, 3.05) is 25.0 Å². The van der Waals surface area contributed by atoms with Gasteiger partial charge in [0.1, 0.15) is 0 Å². The number of nitrogens with one attached hydrogen (secondary N) is 1. The number of likely N-dealkylation sites (tertiary alicyclic amines) is 1. The van der Waals surface area contributed by atoms with Crippen molar-refractivity contribution in [1.82, 2.24) is 4.90 Å². The van der Waals surface area contributed by atoms with Gasteiger partial charge in [-0.2, -0.15) is 0 Å². The Hall–Kier alpha value is -0.520. The summed E-state index contributed by atoms with van der Waals surface area (Å²) in [4.78, 5) is 14.2. The number of amides is 1. The first-order valence-electron chi connectivity index (χ1n) is 6.79. The smallest absolute Gasteiger partial charge is 0.238 e. The maximum atomic E-state index is 12.1. The third-order valence-corrected chi connectivity index (χ3v) is 4.14. The topological polar surface area (TPSA) is 58.4 Å². The Balaban J connectivity index is 0.00000220. The quantitative estimate of drug-likeness (QED) is 0.875. The normalized spacial score (nSPS) is 18.9. The molecule has 21 heavy (non-hydrogen) atoms. The number of benzene rings is 1. The number of rotatable bonds is 4. The second-order valence-corrected chi connectivity index (χ2v) is 5.87. The summed E-state index contributed by atoms with van der Waals surface area (Å²) in [5, 5.41) is 3.83. The van der Waals surface area contributed by atoms with Gasteiger partial charge in [0.05, 0.1) is 17.3 Å². The molecule has 0 saturated carbocycles. The number of anilines is 1. The summed E-state index contributed by atoms with van der Waals surface area (Å²) in [6, 6.07) is 5.31. The van der Waals surface area contributed by atoms with Gasteiger partial charge in [0, 0.05) is 17.6 Å². The Kier molecular flexibility index (Phi) is 7.77. The van der Waals surface area contributed by atoms with Crippen molar-refractivity contribution in [3.05, 3.63) is 28.2 Å². The molecule has 118 valence electrons. The number of hydrogen-bond acceptors (Lipinski definition) is 3. The van der Waals surface area contributed by atoms with Gasteiger partial charge in [-0.15, -0.1) is 12.4 Å². The van der Waals surface area contributed by atoms with Gasteiger partial charge in [0.25, 0.3) is 0 Å². The largest absolute Gasteiger partial charge is 0.329 e. The molecule has 1 saturated heterocycles. The van der Waals surface area contributed by atoms with E-state index in [1.54, 1.807) is 18.2 Å². The van der Waals surface area contributed by atoms with Crippen molar-refractivity contribution >= 4 is 47.2 Å². The summed E-state index contributed by atoms with van der Waals surface area (Å²) in [5.74, 6) is -0.0884. The van der Waals surface area contributed by atoms with Gasteiger partial charge < -0.3 is 11.1 Å². The van der Waals surface area contributed by atoms with E-state index in [1.807, 2.05) is 0 Å². The van der Waals surface area contributed by atoms with Crippen molar-refractivity contribution in [3.63, 3.8) is 0 Å². The lowest BCUT2D eigenvalue weighted by molar-refractivity contribution is -0.118. The highest BCUT2D eigenvalue weighted by molar-refractivity contribution is 6.35. The minimum absolute atomic E-state index is 0. The van der Waals surface area contributed by atoms with Gasteiger partial charge in [-0.25, -0.2) is 0 Å². The molecule has 1 aromatic rings. The molecule has 1 amide bonds. The van der Waals surface area contributed by atoms with Crippen molar-refractivity contribution in [1.29, 1.82) is 0 Å². The highest BCUT2D eigenvalue weighted by Crippen LogP contribution is 2.25. The molecule has 0 radical (unpaired) electrons. The molecule has 2 rings (SSSR count). The van der Waals surface area contributed by atoms with E-state index in [9.17, 15) is 4.79 Å². The fraction of sp³-hybridized carbons (Fsp3) is 0.500. The first-order chi connectivity index (χ1) is 9.60. The minimum atomic E-state index is -0.0884. The lowest BCUT2D eigenvalue weighted by atomic mass is 10.0. The highest BCUT2D eigenvalue weighted by atomic mass is 35.5. The second kappa shape index (κ2) is 8.81. The van der Waals surface area contributed by atoms with Crippen molar-refractivity contribution < 1.29 is 4.79 Å². The molecule has 3 N–H and O–H groups in total. The maximum Gasteiger partial charge on any atom is 0.238 e. The number of halogens is 3. The number of hydrogen-bond donors (Lipinski definition) is 2. The molecule has 1 unspecified atom stereocenters. The standard InChI is InChI=1S/C14H19Cl2N3O.ClH/c15-10-4-5-12(16)13(7-10)18-14(20)9-19-6-2-1-3-11(19)8-17;/h4-5,7,11H,1-3,6,8-9,17H2,(H,18,20);1H. The average molecular weight is 353 g/mol. The molecule has 0 aromatic heterocycles. The van der Waals surface area contributed by atoms with Crippen LogP contribution >= 0.6 is 35.6 Å². The second-order valence-electron chi connectivity index (χ2n) is 5.03. The van der Waals surface area contributed by atoms with Crippen LogP contribution in [0.15, 0.2) is 18.2 Å². The Bertz CT molecular complexity index is 485. The number of piperidine rings is 1. The van der Waals surface area contributed by atoms with Crippen LogP contribution in [-0.4, -0.2) is 36.5 Å². The maximum absolute atomic E-state index is 12.1. The van der Waals surface area contributed by atoms with Crippen molar-refractivity contribution in [3.8, 4) is 0 Å². The molecule has 1 atom stereocenters. The van der Waals surface area contributed by atoms with E-state index < -0.39 is 0 Å². The number of nitrogens with two attached hydrogens (primary N) is 1. The van der Waals surface area contributed by atoms with Gasteiger partial charge in [0.15, 0.2) is 0 Å². The van der Waals surface area contributed by atoms with E-state index in [4.69, 9.17) is 28.9 Å². The van der Waals surface area contributed by atoms with E-state index in [-0.39, 0.29) is 18.3 Å². The fourth-order valence-corrected chi connectivity index (χ4v) is 2.84. The molecule has 7 heteroatoms. The molecular formula is C14H20Cl3N3O. The van der Waals surface area contributed by atoms with Gasteiger partial charge in [-0.1, -0.05) is 29.6 Å². The molecule has 1 heterocycles. The summed E-state index contributed by atoms with van der Waals surface area (Å²) in [6.07, 6.45) is 3.35. The monoisotopic (exact) mass is 351 g/mol. The third kappa shape index (κ3) is 5.31. The van der Waals surface area contributed by atoms with Crippen LogP contribution in [0.2, 0.25) is 10.0 Å². The zero-order valence-corrected chi connectivity index (χ0v) is 14.0. The zero-order valence-electron chi connectivity index (χ0n) is 11.6. The lowest BCUT2D eigenvalue weighted by Gasteiger charge is -2.34. The molecule has 1 aromatic carbocycles. The molecule has 4 nitrogen and oxygen atoms in total. The summed E-state index contributed by atoms with van der Waals surface area (Å²) in [7, 11) is 0. The lowest BCUT2D eigenvalue weighted by Crippen LogP contribution is -2.47. The van der Waals surface area contributed by atoms with Crippen LogP contribution in [0.25, 0.3) is 0 Å². The SMILES string of the molecule is Cl.NCC1CCCCN1CC(=O)Nc1cc(Cl)ccc1Cl. The molecule has 0 aliphatic carbocycles. The van der Waals surface area contributed by atoms with Gasteiger partial charge in [-0.3, -0.25) is 9.69 Å². The Morgan fingerprint density at radius 3 is 2.86 bits per heavy atom. The van der Waals surface area contributed by atoms with Crippen molar-refractivity contribution in [2.24, 2.45) is 5.73 Å². The van der Waals surface area contributed by atoms with Crippen LogP contribution in [0.3, 0.4) is 0 Å². The molecule has 0 spiro atoms. The number of carbonyl (C=O) groups excluding carboxylic acids is 1. The summed E-state index contributed by atoms with van der Waals surface area (Å²) < 4.78 is 0. The Labute approximate surface area is 141 Å². The van der Waals surface area contributed by atoms with Crippen LogP contribution in [0.4, 0.5) is 5.69 Å². The molecule has 1 aliphatic rings. The van der Waals surface area contributed by atoms with Crippen LogP contribution in [0, 0.1) is 0 Å². The van der Waals surface area contributed by atoms with E-state index in [0.29, 0.717) is 34.9 Å². The summed E-state index contributed by atoms with van der Waals surface area (Å²) >= 11 is 11.9. The Morgan fingerprint density at radius 2 is 2.14 bits per heavy atom. The van der Waals surface area contributed by atoms with Crippen LogP contribution in [0.1, 0.15) is 19.3 Å². The van der Waals surface area contributed by atoms with Gasteiger partial charge >= 0.3 is 0 Å². The summed E-state index contributed by atoms with van der Waals surface area (Å²) in [5.41, 5.74) is 6.30. The van der Waals surface area contributed by atoms with Crippen molar-refractivity contribution in [2.45, 2.75) is 25.3 Å². The predicted molar refractivity (Wildman–Crippen MR) is 90.6 cm³/mol. The van der Waals surface area contributed by atoms with Crippen LogP contribution in [-0.2, 0) is 4.79 Å². The molecular weight excluding hydrogens is 333 g/mol. The molecule has 0 bridgehead atoms. The molecule has 1 aliphatic heterocycles. The van der Waals surface area contributed by atoms with Gasteiger partial charge in [-0.05, 0) is 37.6 Å². The average Bonchev–Trinajstić information content (AvgIpc) is 2.43. The zero-order chi connectivity index (χ0) is 14.5. The fourth-order valence-electron chi connectivity index (χ4n) is 2.50. The van der Waals surface area contributed by atoms with E-state index in [1.165, 1.54) is 6.42 Å². The van der Waals surface area contributed by atoms with E-state index >= 15 is 0 Å². The Morgan fingerprint density at radius 1 is 1.38 bits per heavy atom. The third-order valence-electron chi connectivity index (χ3n) is 3.57. The summed E-state index contributed by atoms with van der Waals surface area (Å²) in [6.45, 7) is 1.84. The number of carbonyl (C=O) groups is 1. The minimum Gasteiger partial charge on any atom is -0.329 e. The van der Waals surface area contributed by atoms with Gasteiger partial charge in [0.2, 0.25) is 5.91 Å². The van der Waals surface area contributed by atoms with E-state index in [0.717, 1.165) is 19.4 Å². The highest BCUT2D eigenvalue weighted by Gasteiger charge is 2.23. The first kappa shape index (κ1) is 18.5. The molecule has 1 fully saturated rings. The van der Waals surface area contributed by atoms with Crippen LogP contribution < -0.4 is 11.1 Å².